The Bertz CT molecular complexity index is 894. The third kappa shape index (κ3) is 8.43. The van der Waals surface area contributed by atoms with Crippen LogP contribution in [0.5, 0.6) is 0 Å². The predicted octanol–water partition coefficient (Wildman–Crippen LogP) is 2.46. The number of rotatable bonds is 11. The Kier molecular flexibility index (Phi) is 11.0. The normalized spacial score (nSPS) is 14.9. The summed E-state index contributed by atoms with van der Waals surface area (Å²) in [6.07, 6.45) is 4.57. The highest BCUT2D eigenvalue weighted by Gasteiger charge is 2.29. The molecule has 0 aromatic heterocycles. The summed E-state index contributed by atoms with van der Waals surface area (Å²) in [5, 5.41) is 18.9. The summed E-state index contributed by atoms with van der Waals surface area (Å²) in [4.78, 5) is 37.8. The minimum absolute atomic E-state index is 0.00254. The first-order chi connectivity index (χ1) is 16.1. The Balaban J connectivity index is 2.04. The number of aliphatic carboxylic acids is 1. The van der Waals surface area contributed by atoms with Crippen molar-refractivity contribution in [3.8, 4) is 0 Å². The summed E-state index contributed by atoms with van der Waals surface area (Å²) in [5.74, 6) is -2.70. The van der Waals surface area contributed by atoms with Crippen molar-refractivity contribution in [1.82, 2.24) is 15.3 Å². The predicted molar refractivity (Wildman–Crippen MR) is 130 cm³/mol. The minimum Gasteiger partial charge on any atom is -0.480 e. The lowest BCUT2D eigenvalue weighted by atomic mass is 9.95. The molecule has 1 saturated carbocycles. The van der Waals surface area contributed by atoms with Gasteiger partial charge >= 0.3 is 5.97 Å². The maximum Gasteiger partial charge on any atom is 0.320 e. The fourth-order valence-corrected chi connectivity index (χ4v) is 4.19. The van der Waals surface area contributed by atoms with E-state index in [1.54, 1.807) is 18.2 Å². The molecule has 0 spiro atoms. The molecule has 1 aliphatic carbocycles. The number of nitrogens with one attached hydrogen (secondary N) is 2. The number of hydrogen-bond donors (Lipinski definition) is 5. The second-order valence-corrected chi connectivity index (χ2v) is 9.15. The van der Waals surface area contributed by atoms with Crippen molar-refractivity contribution in [3.63, 3.8) is 0 Å². The monoisotopic (exact) mass is 514 g/mol. The van der Waals surface area contributed by atoms with Crippen LogP contribution in [0.25, 0.3) is 0 Å². The van der Waals surface area contributed by atoms with Gasteiger partial charge in [-0.2, -0.15) is 0 Å². The molecule has 0 radical (unpaired) electrons. The summed E-state index contributed by atoms with van der Waals surface area (Å²) < 4.78 is 0. The van der Waals surface area contributed by atoms with Crippen molar-refractivity contribution < 1.29 is 19.5 Å². The molecular weight excluding hydrogens is 483 g/mol. The number of amides is 2. The highest BCUT2D eigenvalue weighted by atomic mass is 35.5. The minimum atomic E-state index is -1.15. The number of carbonyl (C=O) groups is 3. The molecular formula is C22H32Cl2N6O4. The fourth-order valence-electron chi connectivity index (χ4n) is 3.87. The van der Waals surface area contributed by atoms with Crippen LogP contribution in [0.4, 0.5) is 0 Å². The highest BCUT2D eigenvalue weighted by molar-refractivity contribution is 6.42. The number of benzene rings is 1. The first-order valence-electron chi connectivity index (χ1n) is 11.2. The SMILES string of the molecule is N=C(N)N(CCCC(N)C(=O)O)C(=O)CC(=O)N(NCc1ccc(Cl)c(Cl)c1)C1CCCCC1. The first-order valence-corrected chi connectivity index (χ1v) is 12.0. The van der Waals surface area contributed by atoms with Gasteiger partial charge in [0.1, 0.15) is 12.5 Å². The Morgan fingerprint density at radius 1 is 1.15 bits per heavy atom. The molecule has 2 rings (SSSR count). The molecule has 7 N–H and O–H groups in total. The molecule has 0 saturated heterocycles. The lowest BCUT2D eigenvalue weighted by Crippen LogP contribution is -2.52. The second kappa shape index (κ2) is 13.5. The van der Waals surface area contributed by atoms with Crippen LogP contribution >= 0.6 is 23.2 Å². The van der Waals surface area contributed by atoms with Crippen molar-refractivity contribution in [3.05, 3.63) is 33.8 Å². The number of carboxylic acids is 1. The van der Waals surface area contributed by atoms with Gasteiger partial charge in [-0.05, 0) is 43.4 Å². The average Bonchev–Trinajstić information content (AvgIpc) is 2.79. The number of halogens is 2. The zero-order valence-corrected chi connectivity index (χ0v) is 20.4. The zero-order valence-electron chi connectivity index (χ0n) is 18.9. The Morgan fingerprint density at radius 2 is 1.82 bits per heavy atom. The summed E-state index contributed by atoms with van der Waals surface area (Å²) >= 11 is 12.1. The topological polar surface area (TPSA) is 166 Å². The molecule has 1 aromatic rings. The van der Waals surface area contributed by atoms with Crippen LogP contribution in [0.15, 0.2) is 18.2 Å². The molecule has 1 aromatic carbocycles. The summed E-state index contributed by atoms with van der Waals surface area (Å²) in [6.45, 7) is 0.319. The molecule has 0 bridgehead atoms. The van der Waals surface area contributed by atoms with E-state index in [9.17, 15) is 14.4 Å². The maximum atomic E-state index is 13.2. The van der Waals surface area contributed by atoms with E-state index in [4.69, 9.17) is 45.2 Å². The third-order valence-corrected chi connectivity index (χ3v) is 6.49. The number of nitrogens with zero attached hydrogens (tertiary/aromatic N) is 2. The van der Waals surface area contributed by atoms with Gasteiger partial charge in [0.2, 0.25) is 11.8 Å². The molecule has 1 unspecified atom stereocenters. The van der Waals surface area contributed by atoms with Crippen molar-refractivity contribution in [2.45, 2.75) is 70.0 Å². The van der Waals surface area contributed by atoms with E-state index in [-0.39, 0.29) is 25.4 Å². The van der Waals surface area contributed by atoms with E-state index in [2.05, 4.69) is 5.43 Å². The van der Waals surface area contributed by atoms with E-state index in [0.717, 1.165) is 42.6 Å². The van der Waals surface area contributed by atoms with Crippen molar-refractivity contribution in [1.29, 1.82) is 5.41 Å². The smallest absolute Gasteiger partial charge is 0.320 e. The lowest BCUT2D eigenvalue weighted by Gasteiger charge is -2.35. The Labute approximate surface area is 209 Å². The van der Waals surface area contributed by atoms with Gasteiger partial charge in [0, 0.05) is 19.1 Å². The van der Waals surface area contributed by atoms with E-state index >= 15 is 0 Å². The summed E-state index contributed by atoms with van der Waals surface area (Å²) in [5.41, 5.74) is 15.0. The summed E-state index contributed by atoms with van der Waals surface area (Å²) in [6, 6.07) is 4.06. The average molecular weight is 515 g/mol. The molecule has 34 heavy (non-hydrogen) atoms. The van der Waals surface area contributed by atoms with Gasteiger partial charge in [0.05, 0.1) is 10.0 Å². The quantitative estimate of drug-likeness (QED) is 0.131. The van der Waals surface area contributed by atoms with Crippen LogP contribution in [0, 0.1) is 5.41 Å². The van der Waals surface area contributed by atoms with Gasteiger partial charge in [0.15, 0.2) is 5.96 Å². The van der Waals surface area contributed by atoms with Gasteiger partial charge in [-0.1, -0.05) is 48.5 Å². The van der Waals surface area contributed by atoms with Crippen molar-refractivity contribution in [2.75, 3.05) is 6.54 Å². The van der Waals surface area contributed by atoms with Crippen LogP contribution in [0.1, 0.15) is 56.9 Å². The van der Waals surface area contributed by atoms with E-state index in [1.165, 1.54) is 5.01 Å². The van der Waals surface area contributed by atoms with E-state index < -0.39 is 36.2 Å². The fraction of sp³-hybridized carbons (Fsp3) is 0.545. The molecule has 12 heteroatoms. The van der Waals surface area contributed by atoms with Crippen LogP contribution in [0.3, 0.4) is 0 Å². The third-order valence-electron chi connectivity index (χ3n) is 5.75. The van der Waals surface area contributed by atoms with Crippen molar-refractivity contribution >= 4 is 46.9 Å². The zero-order chi connectivity index (χ0) is 25.3. The van der Waals surface area contributed by atoms with Gasteiger partial charge in [-0.25, -0.2) is 5.43 Å². The van der Waals surface area contributed by atoms with Crippen LogP contribution < -0.4 is 16.9 Å². The van der Waals surface area contributed by atoms with E-state index in [0.29, 0.717) is 16.6 Å². The second-order valence-electron chi connectivity index (χ2n) is 8.33. The van der Waals surface area contributed by atoms with Gasteiger partial charge < -0.3 is 16.6 Å². The number of hydrogen-bond acceptors (Lipinski definition) is 6. The maximum absolute atomic E-state index is 13.2. The highest BCUT2D eigenvalue weighted by Crippen LogP contribution is 2.24. The lowest BCUT2D eigenvalue weighted by molar-refractivity contribution is -0.144. The Hall–Kier alpha value is -2.40. The molecule has 188 valence electrons. The molecule has 10 nitrogen and oxygen atoms in total. The Morgan fingerprint density at radius 3 is 2.41 bits per heavy atom. The summed E-state index contributed by atoms with van der Waals surface area (Å²) in [7, 11) is 0. The van der Waals surface area contributed by atoms with Crippen LogP contribution in [0.2, 0.25) is 10.0 Å². The molecule has 0 aliphatic heterocycles. The first kappa shape index (κ1) is 27.8. The molecule has 2 amide bonds. The number of guanidine groups is 1. The number of hydrazine groups is 1. The van der Waals surface area contributed by atoms with Crippen molar-refractivity contribution in [2.24, 2.45) is 11.5 Å². The van der Waals surface area contributed by atoms with Gasteiger partial charge in [0.25, 0.3) is 0 Å². The number of carboxylic acid groups (broad SMARTS) is 1. The van der Waals surface area contributed by atoms with Gasteiger partial charge in [-0.15, -0.1) is 0 Å². The van der Waals surface area contributed by atoms with Crippen LogP contribution in [-0.4, -0.2) is 57.4 Å². The number of carbonyl (C=O) groups excluding carboxylic acids is 2. The number of nitrogens with two attached hydrogens (primary N) is 2. The molecule has 1 aliphatic rings. The van der Waals surface area contributed by atoms with Gasteiger partial charge in [-0.3, -0.25) is 29.7 Å². The molecule has 1 fully saturated rings. The van der Waals surface area contributed by atoms with E-state index in [1.807, 2.05) is 0 Å². The van der Waals surface area contributed by atoms with Crippen LogP contribution in [-0.2, 0) is 20.9 Å². The largest absolute Gasteiger partial charge is 0.480 e. The molecule has 1 atom stereocenters. The molecule has 0 heterocycles. The standard InChI is InChI=1S/C22H32Cl2N6O4/c23-16-9-8-14(11-17(16)24)13-28-30(15-5-2-1-3-6-15)20(32)12-19(31)29(22(26)27)10-4-7-18(25)21(33)34/h8-9,11,15,18,28H,1-7,10,12-13,25H2,(H3,26,27)(H,33,34).